The molecule has 1 heterocycles. The summed E-state index contributed by atoms with van der Waals surface area (Å²) in [5.41, 5.74) is 5.99. The maximum atomic E-state index is 9.20. The second-order valence-electron chi connectivity index (χ2n) is 4.60. The van der Waals surface area contributed by atoms with E-state index in [1.165, 1.54) is 12.8 Å². The quantitative estimate of drug-likeness (QED) is 0.668. The summed E-state index contributed by atoms with van der Waals surface area (Å²) < 4.78 is 11.1. The van der Waals surface area contributed by atoms with Crippen LogP contribution in [0, 0.1) is 5.92 Å². The molecule has 0 aromatic rings. The van der Waals surface area contributed by atoms with Gasteiger partial charge in [-0.3, -0.25) is 0 Å². The van der Waals surface area contributed by atoms with Crippen LogP contribution < -0.4 is 5.73 Å². The van der Waals surface area contributed by atoms with Crippen LogP contribution in [0.25, 0.3) is 0 Å². The third-order valence-electron chi connectivity index (χ3n) is 3.30. The van der Waals surface area contributed by atoms with Gasteiger partial charge in [-0.05, 0) is 31.6 Å². The van der Waals surface area contributed by atoms with Gasteiger partial charge in [0.05, 0.1) is 25.4 Å². The van der Waals surface area contributed by atoms with Gasteiger partial charge in [-0.15, -0.1) is 0 Å². The fourth-order valence-electron chi connectivity index (χ4n) is 2.08. The fourth-order valence-corrected chi connectivity index (χ4v) is 2.08. The van der Waals surface area contributed by atoms with Crippen molar-refractivity contribution >= 4 is 0 Å². The topological polar surface area (TPSA) is 64.7 Å². The standard InChI is InChI=1S/C11H21NO3/c12-11(8-3-4-8)10(6-13)15-7-9-2-1-5-14-9/h8-11,13H,1-7,12H2. The van der Waals surface area contributed by atoms with Gasteiger partial charge in [0.25, 0.3) is 0 Å². The van der Waals surface area contributed by atoms with E-state index in [2.05, 4.69) is 0 Å². The maximum Gasteiger partial charge on any atom is 0.0960 e. The van der Waals surface area contributed by atoms with E-state index in [0.717, 1.165) is 19.4 Å². The van der Waals surface area contributed by atoms with Crippen molar-refractivity contribution in [2.24, 2.45) is 11.7 Å². The third-order valence-corrected chi connectivity index (χ3v) is 3.30. The highest BCUT2D eigenvalue weighted by Gasteiger charge is 2.34. The second kappa shape index (κ2) is 5.25. The lowest BCUT2D eigenvalue weighted by atomic mass is 10.1. The summed E-state index contributed by atoms with van der Waals surface area (Å²) in [6, 6.07) is -0.00333. The Hall–Kier alpha value is -0.160. The summed E-state index contributed by atoms with van der Waals surface area (Å²) in [5.74, 6) is 0.562. The van der Waals surface area contributed by atoms with Crippen molar-refractivity contribution in [2.75, 3.05) is 19.8 Å². The number of hydrogen-bond donors (Lipinski definition) is 2. The van der Waals surface area contributed by atoms with Crippen molar-refractivity contribution in [2.45, 2.75) is 43.9 Å². The summed E-state index contributed by atoms with van der Waals surface area (Å²) >= 11 is 0. The average Bonchev–Trinajstić information content (AvgIpc) is 2.97. The number of aliphatic hydroxyl groups is 1. The van der Waals surface area contributed by atoms with Crippen LogP contribution in [-0.4, -0.2) is 43.2 Å². The Bertz CT molecular complexity index is 190. The minimum atomic E-state index is -0.207. The first-order valence-electron chi connectivity index (χ1n) is 5.91. The summed E-state index contributed by atoms with van der Waals surface area (Å²) in [4.78, 5) is 0. The van der Waals surface area contributed by atoms with Crippen LogP contribution in [0.15, 0.2) is 0 Å². The third kappa shape index (κ3) is 3.14. The van der Waals surface area contributed by atoms with Crippen LogP contribution in [0.1, 0.15) is 25.7 Å². The van der Waals surface area contributed by atoms with Crippen LogP contribution in [0.2, 0.25) is 0 Å². The van der Waals surface area contributed by atoms with Crippen LogP contribution in [0.3, 0.4) is 0 Å². The first-order valence-corrected chi connectivity index (χ1v) is 5.91. The molecule has 3 unspecified atom stereocenters. The Morgan fingerprint density at radius 3 is 2.73 bits per heavy atom. The minimum absolute atomic E-state index is 0.00333. The SMILES string of the molecule is NC(C1CC1)C(CO)OCC1CCCO1. The van der Waals surface area contributed by atoms with Gasteiger partial charge in [-0.1, -0.05) is 0 Å². The molecule has 3 atom stereocenters. The highest BCUT2D eigenvalue weighted by atomic mass is 16.5. The van der Waals surface area contributed by atoms with E-state index in [4.69, 9.17) is 15.2 Å². The summed E-state index contributed by atoms with van der Waals surface area (Å²) in [6.45, 7) is 1.43. The molecule has 4 heteroatoms. The maximum absolute atomic E-state index is 9.20. The Labute approximate surface area is 90.7 Å². The van der Waals surface area contributed by atoms with E-state index in [-0.39, 0.29) is 24.9 Å². The number of nitrogens with two attached hydrogens (primary N) is 1. The van der Waals surface area contributed by atoms with Crippen molar-refractivity contribution < 1.29 is 14.6 Å². The second-order valence-corrected chi connectivity index (χ2v) is 4.60. The minimum Gasteiger partial charge on any atom is -0.394 e. The highest BCUT2D eigenvalue weighted by molar-refractivity contribution is 4.89. The predicted octanol–water partition coefficient (Wildman–Crippen LogP) is 0.280. The molecule has 1 saturated carbocycles. The van der Waals surface area contributed by atoms with Crippen LogP contribution in [0.5, 0.6) is 0 Å². The number of ether oxygens (including phenoxy) is 2. The summed E-state index contributed by atoms with van der Waals surface area (Å²) in [6.07, 6.45) is 4.55. The molecule has 1 aliphatic heterocycles. The van der Waals surface area contributed by atoms with Crippen LogP contribution >= 0.6 is 0 Å². The van der Waals surface area contributed by atoms with Gasteiger partial charge in [0.1, 0.15) is 0 Å². The van der Waals surface area contributed by atoms with Crippen LogP contribution in [0.4, 0.5) is 0 Å². The van der Waals surface area contributed by atoms with Crippen molar-refractivity contribution in [3.63, 3.8) is 0 Å². The number of rotatable bonds is 6. The molecule has 0 amide bonds. The lowest BCUT2D eigenvalue weighted by molar-refractivity contribution is -0.0512. The molecule has 0 bridgehead atoms. The lowest BCUT2D eigenvalue weighted by Crippen LogP contribution is -2.42. The van der Waals surface area contributed by atoms with Crippen LogP contribution in [-0.2, 0) is 9.47 Å². The monoisotopic (exact) mass is 215 g/mol. The Balaban J connectivity index is 1.69. The molecule has 88 valence electrons. The van der Waals surface area contributed by atoms with Crippen molar-refractivity contribution in [3.05, 3.63) is 0 Å². The zero-order valence-corrected chi connectivity index (χ0v) is 9.10. The normalized spacial score (nSPS) is 30.4. The fraction of sp³-hybridized carbons (Fsp3) is 1.00. The molecule has 0 aromatic heterocycles. The van der Waals surface area contributed by atoms with E-state index in [1.54, 1.807) is 0 Å². The Morgan fingerprint density at radius 1 is 1.40 bits per heavy atom. The largest absolute Gasteiger partial charge is 0.394 e. The van der Waals surface area contributed by atoms with Gasteiger partial charge in [-0.2, -0.15) is 0 Å². The van der Waals surface area contributed by atoms with E-state index in [9.17, 15) is 5.11 Å². The first-order chi connectivity index (χ1) is 7.31. The molecule has 2 aliphatic rings. The Morgan fingerprint density at radius 2 is 2.20 bits per heavy atom. The van der Waals surface area contributed by atoms with Gasteiger partial charge in [-0.25, -0.2) is 0 Å². The van der Waals surface area contributed by atoms with Gasteiger partial charge in [0.15, 0.2) is 0 Å². The zero-order chi connectivity index (χ0) is 10.7. The van der Waals surface area contributed by atoms with E-state index < -0.39 is 0 Å². The average molecular weight is 215 g/mol. The molecule has 0 radical (unpaired) electrons. The zero-order valence-electron chi connectivity index (χ0n) is 9.10. The first kappa shape index (κ1) is 11.3. The molecule has 1 saturated heterocycles. The molecule has 2 fully saturated rings. The number of hydrogen-bond acceptors (Lipinski definition) is 4. The summed E-state index contributed by atoms with van der Waals surface area (Å²) in [7, 11) is 0. The molecular weight excluding hydrogens is 194 g/mol. The van der Waals surface area contributed by atoms with E-state index >= 15 is 0 Å². The molecule has 2 rings (SSSR count). The predicted molar refractivity (Wildman–Crippen MR) is 56.5 cm³/mol. The molecule has 0 spiro atoms. The highest BCUT2D eigenvalue weighted by Crippen LogP contribution is 2.33. The molecule has 1 aliphatic carbocycles. The number of aliphatic hydroxyl groups excluding tert-OH is 1. The van der Waals surface area contributed by atoms with E-state index in [1.807, 2.05) is 0 Å². The molecule has 4 nitrogen and oxygen atoms in total. The Kier molecular flexibility index (Phi) is 3.97. The van der Waals surface area contributed by atoms with Crippen molar-refractivity contribution in [1.82, 2.24) is 0 Å². The van der Waals surface area contributed by atoms with Crippen molar-refractivity contribution in [3.8, 4) is 0 Å². The van der Waals surface area contributed by atoms with Gasteiger partial charge in [0.2, 0.25) is 0 Å². The molecule has 15 heavy (non-hydrogen) atoms. The smallest absolute Gasteiger partial charge is 0.0960 e. The lowest BCUT2D eigenvalue weighted by Gasteiger charge is -2.23. The summed E-state index contributed by atoms with van der Waals surface area (Å²) in [5, 5.41) is 9.20. The molecule has 3 N–H and O–H groups in total. The van der Waals surface area contributed by atoms with Gasteiger partial charge >= 0.3 is 0 Å². The van der Waals surface area contributed by atoms with Gasteiger partial charge in [0, 0.05) is 12.6 Å². The van der Waals surface area contributed by atoms with E-state index in [0.29, 0.717) is 12.5 Å². The van der Waals surface area contributed by atoms with Gasteiger partial charge < -0.3 is 20.3 Å². The molecule has 0 aromatic carbocycles. The van der Waals surface area contributed by atoms with Crippen molar-refractivity contribution in [1.29, 1.82) is 0 Å². The molecular formula is C11H21NO3.